The van der Waals surface area contributed by atoms with Gasteiger partial charge < -0.3 is 14.8 Å². The second-order valence-corrected chi connectivity index (χ2v) is 6.86. The number of fused-ring (bicyclic) bond motifs is 1. The van der Waals surface area contributed by atoms with Gasteiger partial charge in [-0.25, -0.2) is 4.99 Å². The molecular weight excluding hydrogens is 415 g/mol. The van der Waals surface area contributed by atoms with Gasteiger partial charge in [-0.05, 0) is 38.5 Å². The SMILES string of the molecule is CCNC(=NCc1nnc2n1CCCCC2)N1CCCC(C)C1.I. The van der Waals surface area contributed by atoms with E-state index in [-0.39, 0.29) is 24.0 Å². The molecule has 2 aliphatic rings. The van der Waals surface area contributed by atoms with E-state index in [0.29, 0.717) is 6.54 Å². The second kappa shape index (κ2) is 9.58. The van der Waals surface area contributed by atoms with Crippen molar-refractivity contribution in [2.75, 3.05) is 19.6 Å². The molecule has 1 N–H and O–H groups in total. The molecular formula is C17H31IN6. The Hall–Kier alpha value is -0.860. The summed E-state index contributed by atoms with van der Waals surface area (Å²) in [6.45, 7) is 9.24. The molecule has 136 valence electrons. The lowest BCUT2D eigenvalue weighted by Gasteiger charge is -2.33. The van der Waals surface area contributed by atoms with E-state index in [2.05, 4.69) is 38.8 Å². The number of hydrogen-bond acceptors (Lipinski definition) is 3. The molecule has 0 aliphatic carbocycles. The Kier molecular flexibility index (Phi) is 7.77. The highest BCUT2D eigenvalue weighted by molar-refractivity contribution is 14.0. The summed E-state index contributed by atoms with van der Waals surface area (Å²) < 4.78 is 2.29. The maximum Gasteiger partial charge on any atom is 0.194 e. The van der Waals surface area contributed by atoms with Crippen LogP contribution in [0.15, 0.2) is 4.99 Å². The summed E-state index contributed by atoms with van der Waals surface area (Å²) in [5.41, 5.74) is 0. The lowest BCUT2D eigenvalue weighted by molar-refractivity contribution is 0.266. The van der Waals surface area contributed by atoms with Crippen molar-refractivity contribution >= 4 is 29.9 Å². The summed E-state index contributed by atoms with van der Waals surface area (Å²) in [6, 6.07) is 0. The van der Waals surface area contributed by atoms with Gasteiger partial charge in [0, 0.05) is 32.6 Å². The lowest BCUT2D eigenvalue weighted by Crippen LogP contribution is -2.46. The van der Waals surface area contributed by atoms with E-state index < -0.39 is 0 Å². The zero-order valence-corrected chi connectivity index (χ0v) is 17.3. The number of likely N-dealkylation sites (tertiary alicyclic amines) is 1. The predicted molar refractivity (Wildman–Crippen MR) is 108 cm³/mol. The molecule has 24 heavy (non-hydrogen) atoms. The van der Waals surface area contributed by atoms with Gasteiger partial charge in [-0.15, -0.1) is 34.2 Å². The summed E-state index contributed by atoms with van der Waals surface area (Å²) in [5.74, 6) is 3.94. The van der Waals surface area contributed by atoms with Gasteiger partial charge in [0.05, 0.1) is 0 Å². The van der Waals surface area contributed by atoms with Crippen LogP contribution in [0.2, 0.25) is 0 Å². The van der Waals surface area contributed by atoms with Crippen molar-refractivity contribution in [2.45, 2.75) is 65.5 Å². The Morgan fingerprint density at radius 2 is 2.08 bits per heavy atom. The van der Waals surface area contributed by atoms with E-state index >= 15 is 0 Å². The minimum atomic E-state index is 0. The number of hydrogen-bond donors (Lipinski definition) is 1. The predicted octanol–water partition coefficient (Wildman–Crippen LogP) is 2.82. The average Bonchev–Trinajstić information content (AvgIpc) is 2.78. The van der Waals surface area contributed by atoms with Crippen LogP contribution in [-0.4, -0.2) is 45.3 Å². The highest BCUT2D eigenvalue weighted by Crippen LogP contribution is 2.17. The molecule has 0 radical (unpaired) electrons. The van der Waals surface area contributed by atoms with Crippen molar-refractivity contribution < 1.29 is 0 Å². The van der Waals surface area contributed by atoms with E-state index in [9.17, 15) is 0 Å². The Bertz CT molecular complexity index is 541. The van der Waals surface area contributed by atoms with Crippen molar-refractivity contribution in [1.29, 1.82) is 0 Å². The number of aryl methyl sites for hydroxylation is 1. The molecule has 1 fully saturated rings. The Labute approximate surface area is 162 Å². The standard InChI is InChI=1S/C17H30N6.HI/c1-3-18-17(22-10-7-8-14(2)13-22)19-12-16-21-20-15-9-5-4-6-11-23(15)16;/h14H,3-13H2,1-2H3,(H,18,19);1H. The summed E-state index contributed by atoms with van der Waals surface area (Å²) in [7, 11) is 0. The molecule has 1 aromatic heterocycles. The molecule has 6 nitrogen and oxygen atoms in total. The number of aromatic nitrogens is 3. The lowest BCUT2D eigenvalue weighted by atomic mass is 10.0. The zero-order chi connectivity index (χ0) is 16.1. The highest BCUT2D eigenvalue weighted by atomic mass is 127. The molecule has 0 amide bonds. The number of piperidine rings is 1. The molecule has 1 atom stereocenters. The van der Waals surface area contributed by atoms with Gasteiger partial charge in [0.15, 0.2) is 11.8 Å². The third kappa shape index (κ3) is 4.83. The minimum Gasteiger partial charge on any atom is -0.357 e. The van der Waals surface area contributed by atoms with Crippen LogP contribution in [-0.2, 0) is 19.5 Å². The van der Waals surface area contributed by atoms with Crippen molar-refractivity contribution in [1.82, 2.24) is 25.0 Å². The van der Waals surface area contributed by atoms with Gasteiger partial charge >= 0.3 is 0 Å². The normalized spacial score (nSPS) is 21.7. The number of nitrogens with one attached hydrogen (secondary N) is 1. The van der Waals surface area contributed by atoms with Crippen LogP contribution >= 0.6 is 24.0 Å². The Morgan fingerprint density at radius 1 is 1.21 bits per heavy atom. The number of aliphatic imine (C=N–C) groups is 1. The van der Waals surface area contributed by atoms with Gasteiger partial charge in [0.25, 0.3) is 0 Å². The van der Waals surface area contributed by atoms with Crippen LogP contribution < -0.4 is 5.32 Å². The molecule has 1 aromatic rings. The van der Waals surface area contributed by atoms with Crippen LogP contribution in [0.3, 0.4) is 0 Å². The Morgan fingerprint density at radius 3 is 2.88 bits per heavy atom. The van der Waals surface area contributed by atoms with E-state index in [1.54, 1.807) is 0 Å². The quantitative estimate of drug-likeness (QED) is 0.441. The minimum absolute atomic E-state index is 0. The van der Waals surface area contributed by atoms with Crippen LogP contribution in [0.1, 0.15) is 57.6 Å². The third-order valence-electron chi connectivity index (χ3n) is 4.85. The molecule has 3 rings (SSSR count). The molecule has 0 spiro atoms. The van der Waals surface area contributed by atoms with Gasteiger partial charge in [0.2, 0.25) is 0 Å². The summed E-state index contributed by atoms with van der Waals surface area (Å²) in [5, 5.41) is 12.2. The molecule has 3 heterocycles. The number of rotatable bonds is 3. The van der Waals surface area contributed by atoms with Gasteiger partial charge in [-0.2, -0.15) is 0 Å². The third-order valence-corrected chi connectivity index (χ3v) is 4.85. The van der Waals surface area contributed by atoms with E-state index in [0.717, 1.165) is 56.1 Å². The van der Waals surface area contributed by atoms with E-state index in [1.807, 2.05) is 0 Å². The Balaban J connectivity index is 0.00000208. The van der Waals surface area contributed by atoms with Crippen LogP contribution in [0.25, 0.3) is 0 Å². The number of halogens is 1. The first-order chi connectivity index (χ1) is 11.3. The van der Waals surface area contributed by atoms with E-state index in [4.69, 9.17) is 4.99 Å². The zero-order valence-electron chi connectivity index (χ0n) is 15.0. The fraction of sp³-hybridized carbons (Fsp3) is 0.824. The number of nitrogens with zero attached hydrogens (tertiary/aromatic N) is 5. The summed E-state index contributed by atoms with van der Waals surface area (Å²) >= 11 is 0. The average molecular weight is 446 g/mol. The van der Waals surface area contributed by atoms with Gasteiger partial charge in [0.1, 0.15) is 12.4 Å². The molecule has 1 saturated heterocycles. The first-order valence-corrected chi connectivity index (χ1v) is 9.22. The van der Waals surface area contributed by atoms with Crippen LogP contribution in [0.5, 0.6) is 0 Å². The van der Waals surface area contributed by atoms with E-state index in [1.165, 1.54) is 32.1 Å². The van der Waals surface area contributed by atoms with Gasteiger partial charge in [-0.3, -0.25) is 0 Å². The maximum atomic E-state index is 4.86. The molecule has 2 aliphatic heterocycles. The fourth-order valence-electron chi connectivity index (χ4n) is 3.62. The molecule has 0 bridgehead atoms. The molecule has 0 saturated carbocycles. The summed E-state index contributed by atoms with van der Waals surface area (Å²) in [6.07, 6.45) is 7.39. The van der Waals surface area contributed by atoms with Crippen molar-refractivity contribution in [3.63, 3.8) is 0 Å². The topological polar surface area (TPSA) is 58.3 Å². The van der Waals surface area contributed by atoms with Crippen LogP contribution in [0.4, 0.5) is 0 Å². The fourth-order valence-corrected chi connectivity index (χ4v) is 3.62. The highest BCUT2D eigenvalue weighted by Gasteiger charge is 2.20. The monoisotopic (exact) mass is 446 g/mol. The van der Waals surface area contributed by atoms with Crippen molar-refractivity contribution in [3.05, 3.63) is 11.6 Å². The molecule has 7 heteroatoms. The smallest absolute Gasteiger partial charge is 0.194 e. The van der Waals surface area contributed by atoms with Gasteiger partial charge in [-0.1, -0.05) is 13.3 Å². The first-order valence-electron chi connectivity index (χ1n) is 9.22. The maximum absolute atomic E-state index is 4.86. The van der Waals surface area contributed by atoms with Crippen molar-refractivity contribution in [3.8, 4) is 0 Å². The first kappa shape index (κ1) is 19.5. The second-order valence-electron chi connectivity index (χ2n) is 6.86. The van der Waals surface area contributed by atoms with Crippen LogP contribution in [0, 0.1) is 5.92 Å². The summed E-state index contributed by atoms with van der Waals surface area (Å²) in [4.78, 5) is 7.26. The largest absolute Gasteiger partial charge is 0.357 e. The number of guanidine groups is 1. The molecule has 0 aromatic carbocycles. The van der Waals surface area contributed by atoms with Crippen molar-refractivity contribution in [2.24, 2.45) is 10.9 Å². The molecule has 1 unspecified atom stereocenters.